The van der Waals surface area contributed by atoms with Crippen molar-refractivity contribution in [3.8, 4) is 0 Å². The molecule has 0 radical (unpaired) electrons. The number of nitrogens with zero attached hydrogens (tertiary/aromatic N) is 3. The van der Waals surface area contributed by atoms with E-state index >= 15 is 0 Å². The van der Waals surface area contributed by atoms with Crippen molar-refractivity contribution in [3.05, 3.63) is 81.0 Å². The fourth-order valence-corrected chi connectivity index (χ4v) is 4.44. The second-order valence-corrected chi connectivity index (χ2v) is 8.68. The first-order valence-corrected chi connectivity index (χ1v) is 11.0. The van der Waals surface area contributed by atoms with Crippen LogP contribution in [0.15, 0.2) is 52.5 Å². The zero-order valence-electron chi connectivity index (χ0n) is 18.6. The summed E-state index contributed by atoms with van der Waals surface area (Å²) in [6, 6.07) is 11.7. The number of cyclic esters (lactones) is 1. The highest BCUT2D eigenvalue weighted by molar-refractivity contribution is 7.14. The average Bonchev–Trinajstić information content (AvgIpc) is 3.32. The second kappa shape index (κ2) is 8.51. The molecular formula is C25H23N3O3S. The summed E-state index contributed by atoms with van der Waals surface area (Å²) in [5, 5.41) is 2.32. The van der Waals surface area contributed by atoms with Crippen LogP contribution >= 0.6 is 11.3 Å². The lowest BCUT2D eigenvalue weighted by Gasteiger charge is -2.21. The Hall–Kier alpha value is -3.58. The standard InChI is InChI=1S/C25H23N3O3S/c1-14-9-15(2)11-19(10-14)23-27-21(24(30)31-23)12-20-13-32-25(26-20)28(18(5)29)22-8-6-7-16(3)17(22)4/h6-13H,1-5H3/b21-12-. The first-order valence-electron chi connectivity index (χ1n) is 10.2. The first-order chi connectivity index (χ1) is 15.2. The van der Waals surface area contributed by atoms with Gasteiger partial charge in [-0.1, -0.05) is 29.3 Å². The molecule has 0 aliphatic carbocycles. The van der Waals surface area contributed by atoms with Gasteiger partial charge in [-0.05, 0) is 63.1 Å². The fourth-order valence-electron chi connectivity index (χ4n) is 3.60. The summed E-state index contributed by atoms with van der Waals surface area (Å²) in [6.07, 6.45) is 1.58. The Bertz CT molecular complexity index is 1280. The molecule has 0 atom stereocenters. The van der Waals surface area contributed by atoms with Crippen LogP contribution in [0, 0.1) is 27.7 Å². The molecule has 0 saturated carbocycles. The Kier molecular flexibility index (Phi) is 5.76. The van der Waals surface area contributed by atoms with E-state index in [1.807, 2.05) is 64.1 Å². The lowest BCUT2D eigenvalue weighted by molar-refractivity contribution is -0.130. The predicted octanol–water partition coefficient (Wildman–Crippen LogP) is 5.41. The highest BCUT2D eigenvalue weighted by atomic mass is 32.1. The van der Waals surface area contributed by atoms with Crippen molar-refractivity contribution in [2.24, 2.45) is 4.99 Å². The molecule has 6 nitrogen and oxygen atoms in total. The summed E-state index contributed by atoms with van der Waals surface area (Å²) in [5.74, 6) is -0.376. The third kappa shape index (κ3) is 4.24. The van der Waals surface area contributed by atoms with Crippen molar-refractivity contribution in [2.45, 2.75) is 34.6 Å². The average molecular weight is 446 g/mol. The van der Waals surface area contributed by atoms with Gasteiger partial charge in [0.25, 0.3) is 0 Å². The Morgan fingerprint density at radius 3 is 2.50 bits per heavy atom. The summed E-state index contributed by atoms with van der Waals surface area (Å²) in [6.45, 7) is 9.47. The Labute approximate surface area is 190 Å². The molecule has 0 bridgehead atoms. The molecule has 0 spiro atoms. The van der Waals surface area contributed by atoms with Crippen LogP contribution in [0.4, 0.5) is 10.8 Å². The van der Waals surface area contributed by atoms with Gasteiger partial charge in [-0.3, -0.25) is 9.69 Å². The number of hydrogen-bond acceptors (Lipinski definition) is 6. The van der Waals surface area contributed by atoms with E-state index in [1.165, 1.54) is 18.3 Å². The van der Waals surface area contributed by atoms with E-state index in [1.54, 1.807) is 16.4 Å². The summed E-state index contributed by atoms with van der Waals surface area (Å²) < 4.78 is 5.39. The lowest BCUT2D eigenvalue weighted by atomic mass is 10.1. The zero-order chi connectivity index (χ0) is 23.0. The van der Waals surface area contributed by atoms with Crippen molar-refractivity contribution >= 4 is 46.0 Å². The maximum atomic E-state index is 12.5. The number of carbonyl (C=O) groups excluding carboxylic acids is 2. The summed E-state index contributed by atoms with van der Waals surface area (Å²) in [5.41, 5.74) is 6.51. The van der Waals surface area contributed by atoms with Gasteiger partial charge in [0.1, 0.15) is 0 Å². The molecule has 1 aromatic heterocycles. The van der Waals surface area contributed by atoms with Crippen molar-refractivity contribution in [1.29, 1.82) is 0 Å². The number of hydrogen-bond donors (Lipinski definition) is 0. The number of ether oxygens (including phenoxy) is 1. The third-order valence-electron chi connectivity index (χ3n) is 5.21. The second-order valence-electron chi connectivity index (χ2n) is 7.84. The molecule has 0 unspecified atom stereocenters. The highest BCUT2D eigenvalue weighted by Gasteiger charge is 2.25. The monoisotopic (exact) mass is 445 g/mol. The summed E-state index contributed by atoms with van der Waals surface area (Å²) in [4.78, 5) is 35.4. The molecule has 4 rings (SSSR count). The van der Waals surface area contributed by atoms with Crippen LogP contribution in [0.2, 0.25) is 0 Å². The smallest absolute Gasteiger partial charge is 0.363 e. The van der Waals surface area contributed by atoms with Gasteiger partial charge in [-0.2, -0.15) is 0 Å². The van der Waals surface area contributed by atoms with Gasteiger partial charge in [0.15, 0.2) is 10.8 Å². The van der Waals surface area contributed by atoms with Gasteiger partial charge >= 0.3 is 5.97 Å². The van der Waals surface area contributed by atoms with Gasteiger partial charge in [0.05, 0.1) is 11.4 Å². The molecule has 1 aliphatic heterocycles. The van der Waals surface area contributed by atoms with Gasteiger partial charge in [0, 0.05) is 17.9 Å². The quantitative estimate of drug-likeness (QED) is 0.398. The number of esters is 1. The number of aryl methyl sites for hydroxylation is 3. The number of aliphatic imine (C=N–C) groups is 1. The number of thiazole rings is 1. The van der Waals surface area contributed by atoms with Crippen LogP contribution in [-0.2, 0) is 14.3 Å². The van der Waals surface area contributed by atoms with Crippen LogP contribution in [0.25, 0.3) is 6.08 Å². The zero-order valence-corrected chi connectivity index (χ0v) is 19.4. The summed E-state index contributed by atoms with van der Waals surface area (Å²) in [7, 11) is 0. The molecule has 2 aromatic carbocycles. The molecule has 0 fully saturated rings. The molecule has 1 amide bonds. The maximum Gasteiger partial charge on any atom is 0.363 e. The number of anilines is 2. The van der Waals surface area contributed by atoms with Crippen LogP contribution in [0.3, 0.4) is 0 Å². The van der Waals surface area contributed by atoms with Gasteiger partial charge < -0.3 is 4.74 Å². The molecule has 0 saturated heterocycles. The normalized spacial score (nSPS) is 14.5. The minimum Gasteiger partial charge on any atom is -0.402 e. The highest BCUT2D eigenvalue weighted by Crippen LogP contribution is 2.33. The Morgan fingerprint density at radius 1 is 1.09 bits per heavy atom. The molecular weight excluding hydrogens is 422 g/mol. The van der Waals surface area contributed by atoms with Crippen LogP contribution in [0.5, 0.6) is 0 Å². The first kappa shape index (κ1) is 21.6. The van der Waals surface area contributed by atoms with Crippen molar-refractivity contribution < 1.29 is 14.3 Å². The van der Waals surface area contributed by atoms with E-state index in [0.717, 1.165) is 33.5 Å². The molecule has 0 N–H and O–H groups in total. The largest absolute Gasteiger partial charge is 0.402 e. The van der Waals surface area contributed by atoms with E-state index < -0.39 is 5.97 Å². The predicted molar refractivity (Wildman–Crippen MR) is 127 cm³/mol. The number of benzene rings is 2. The van der Waals surface area contributed by atoms with Crippen molar-refractivity contribution in [3.63, 3.8) is 0 Å². The third-order valence-corrected chi connectivity index (χ3v) is 6.05. The van der Waals surface area contributed by atoms with Crippen LogP contribution in [0.1, 0.15) is 40.4 Å². The molecule has 32 heavy (non-hydrogen) atoms. The Morgan fingerprint density at radius 2 is 1.81 bits per heavy atom. The number of amides is 1. The van der Waals surface area contributed by atoms with E-state index in [0.29, 0.717) is 10.8 Å². The molecule has 7 heteroatoms. The number of aromatic nitrogens is 1. The number of rotatable bonds is 4. The summed E-state index contributed by atoms with van der Waals surface area (Å²) >= 11 is 1.33. The molecule has 162 valence electrons. The van der Waals surface area contributed by atoms with E-state index in [2.05, 4.69) is 9.98 Å². The van der Waals surface area contributed by atoms with Gasteiger partial charge in [0.2, 0.25) is 11.8 Å². The van der Waals surface area contributed by atoms with Gasteiger partial charge in [-0.15, -0.1) is 11.3 Å². The Balaban J connectivity index is 1.67. The van der Waals surface area contributed by atoms with Crippen molar-refractivity contribution in [1.82, 2.24) is 4.98 Å². The minimum atomic E-state index is -0.522. The molecule has 2 heterocycles. The van der Waals surface area contributed by atoms with Gasteiger partial charge in [-0.25, -0.2) is 14.8 Å². The maximum absolute atomic E-state index is 12.5. The lowest BCUT2D eigenvalue weighted by Crippen LogP contribution is -2.23. The minimum absolute atomic E-state index is 0.136. The SMILES string of the molecule is CC(=O)N(c1nc(/C=C2\N=C(c3cc(C)cc(C)c3)OC2=O)cs1)c1cccc(C)c1C. The van der Waals surface area contributed by atoms with E-state index in [4.69, 9.17) is 4.74 Å². The topological polar surface area (TPSA) is 71.9 Å². The van der Waals surface area contributed by atoms with Crippen molar-refractivity contribution in [2.75, 3.05) is 4.90 Å². The van der Waals surface area contributed by atoms with Crippen LogP contribution in [-0.4, -0.2) is 22.8 Å². The number of carbonyl (C=O) groups is 2. The van der Waals surface area contributed by atoms with Crippen LogP contribution < -0.4 is 4.90 Å². The molecule has 1 aliphatic rings. The fraction of sp³-hybridized carbons (Fsp3) is 0.200. The van der Waals surface area contributed by atoms with E-state index in [9.17, 15) is 9.59 Å². The molecule has 3 aromatic rings. The van der Waals surface area contributed by atoms with E-state index in [-0.39, 0.29) is 17.5 Å².